The van der Waals surface area contributed by atoms with Crippen molar-refractivity contribution in [2.45, 2.75) is 6.92 Å². The molecule has 3 aromatic rings. The van der Waals surface area contributed by atoms with Crippen LogP contribution in [0.3, 0.4) is 0 Å². The van der Waals surface area contributed by atoms with E-state index in [-0.39, 0.29) is 17.5 Å². The maximum atomic E-state index is 14.4. The van der Waals surface area contributed by atoms with Crippen LogP contribution in [0.1, 0.15) is 22.2 Å². The molecule has 1 aromatic heterocycles. The van der Waals surface area contributed by atoms with Gasteiger partial charge in [-0.25, -0.2) is 8.78 Å². The van der Waals surface area contributed by atoms with E-state index in [9.17, 15) is 18.4 Å². The molecule has 0 radical (unpaired) electrons. The summed E-state index contributed by atoms with van der Waals surface area (Å²) in [7, 11) is 0. The van der Waals surface area contributed by atoms with Crippen LogP contribution in [-0.4, -0.2) is 42.8 Å². The molecule has 0 bridgehead atoms. The van der Waals surface area contributed by atoms with Crippen molar-refractivity contribution >= 4 is 34.8 Å². The number of ketones is 1. The zero-order valence-corrected chi connectivity index (χ0v) is 18.4. The van der Waals surface area contributed by atoms with E-state index in [1.54, 1.807) is 41.3 Å². The van der Waals surface area contributed by atoms with Crippen molar-refractivity contribution in [3.05, 3.63) is 82.7 Å². The van der Waals surface area contributed by atoms with E-state index >= 15 is 0 Å². The monoisotopic (exact) mass is 452 g/mol. The molecule has 7 heteroatoms. The molecule has 2 heterocycles. The van der Waals surface area contributed by atoms with Crippen molar-refractivity contribution < 1.29 is 18.4 Å². The van der Waals surface area contributed by atoms with Crippen LogP contribution >= 0.6 is 11.3 Å². The fourth-order valence-electron chi connectivity index (χ4n) is 3.62. The molecule has 1 fully saturated rings. The molecule has 0 atom stereocenters. The molecule has 0 aliphatic carbocycles. The second-order valence-electron chi connectivity index (χ2n) is 7.58. The number of carbonyl (C=O) groups is 2. The predicted octanol–water partition coefficient (Wildman–Crippen LogP) is 5.26. The van der Waals surface area contributed by atoms with E-state index in [4.69, 9.17) is 0 Å². The molecule has 0 spiro atoms. The molecule has 1 aliphatic rings. The zero-order valence-electron chi connectivity index (χ0n) is 17.6. The predicted molar refractivity (Wildman–Crippen MR) is 124 cm³/mol. The van der Waals surface area contributed by atoms with Gasteiger partial charge < -0.3 is 9.80 Å². The van der Waals surface area contributed by atoms with Crippen LogP contribution < -0.4 is 4.90 Å². The minimum atomic E-state index is -0.424. The lowest BCUT2D eigenvalue weighted by molar-refractivity contribution is -0.126. The standard InChI is InChI=1S/C25H22F2N2O2S/c1-17(30)19-4-9-23(22(27)16-19)28-12-14-29(15-13-28)25(31)11-8-21-7-10-24(32-21)18-2-5-20(26)6-3-18/h2-11,16H,12-15H2,1H3/b11-8+. The lowest BCUT2D eigenvalue weighted by atomic mass is 10.1. The third kappa shape index (κ3) is 4.94. The minimum Gasteiger partial charge on any atom is -0.366 e. The van der Waals surface area contributed by atoms with Gasteiger partial charge in [-0.3, -0.25) is 9.59 Å². The first-order chi connectivity index (χ1) is 15.4. The smallest absolute Gasteiger partial charge is 0.246 e. The van der Waals surface area contributed by atoms with E-state index in [1.165, 1.54) is 36.5 Å². The number of nitrogens with zero attached hydrogens (tertiary/aromatic N) is 2. The number of piperazine rings is 1. The molecule has 2 aromatic carbocycles. The van der Waals surface area contributed by atoms with Gasteiger partial charge in [-0.15, -0.1) is 11.3 Å². The molecule has 164 valence electrons. The van der Waals surface area contributed by atoms with Crippen LogP contribution in [0.2, 0.25) is 0 Å². The third-order valence-electron chi connectivity index (χ3n) is 5.43. The largest absolute Gasteiger partial charge is 0.366 e. The number of hydrogen-bond acceptors (Lipinski definition) is 4. The summed E-state index contributed by atoms with van der Waals surface area (Å²) in [4.78, 5) is 29.6. The number of halogens is 2. The first-order valence-corrected chi connectivity index (χ1v) is 11.1. The lowest BCUT2D eigenvalue weighted by Crippen LogP contribution is -2.48. The summed E-state index contributed by atoms with van der Waals surface area (Å²) < 4.78 is 27.5. The minimum absolute atomic E-state index is 0.0891. The van der Waals surface area contributed by atoms with Crippen LogP contribution in [0.25, 0.3) is 16.5 Å². The molecule has 1 amide bonds. The molecule has 4 nitrogen and oxygen atoms in total. The Morgan fingerprint density at radius 1 is 0.938 bits per heavy atom. The molecule has 1 aliphatic heterocycles. The van der Waals surface area contributed by atoms with Gasteiger partial charge in [0.05, 0.1) is 5.69 Å². The van der Waals surface area contributed by atoms with Crippen molar-refractivity contribution in [1.82, 2.24) is 4.90 Å². The van der Waals surface area contributed by atoms with Crippen molar-refractivity contribution in [2.24, 2.45) is 0 Å². The van der Waals surface area contributed by atoms with Crippen LogP contribution in [-0.2, 0) is 4.79 Å². The van der Waals surface area contributed by atoms with Gasteiger partial charge in [0.15, 0.2) is 5.78 Å². The molecule has 0 saturated carbocycles. The molecule has 0 unspecified atom stereocenters. The Balaban J connectivity index is 1.34. The van der Waals surface area contributed by atoms with Crippen LogP contribution in [0.5, 0.6) is 0 Å². The SMILES string of the molecule is CC(=O)c1ccc(N2CCN(C(=O)/C=C/c3ccc(-c4ccc(F)cc4)s3)CC2)c(F)c1. The average molecular weight is 453 g/mol. The molecule has 1 saturated heterocycles. The van der Waals surface area contributed by atoms with Gasteiger partial charge in [0.1, 0.15) is 11.6 Å². The highest BCUT2D eigenvalue weighted by atomic mass is 32.1. The van der Waals surface area contributed by atoms with Crippen molar-refractivity contribution in [2.75, 3.05) is 31.1 Å². The average Bonchev–Trinajstić information content (AvgIpc) is 3.27. The Morgan fingerprint density at radius 3 is 2.31 bits per heavy atom. The summed E-state index contributed by atoms with van der Waals surface area (Å²) in [5, 5.41) is 0. The molecule has 0 N–H and O–H groups in total. The fraction of sp³-hybridized carbons (Fsp3) is 0.200. The normalized spacial score (nSPS) is 14.2. The summed E-state index contributed by atoms with van der Waals surface area (Å²) in [6.45, 7) is 3.42. The Hall–Kier alpha value is -3.32. The fourth-order valence-corrected chi connectivity index (χ4v) is 4.54. The van der Waals surface area contributed by atoms with Crippen molar-refractivity contribution in [1.29, 1.82) is 0 Å². The Morgan fingerprint density at radius 2 is 1.66 bits per heavy atom. The van der Waals surface area contributed by atoms with Gasteiger partial charge in [-0.2, -0.15) is 0 Å². The highest BCUT2D eigenvalue weighted by Gasteiger charge is 2.22. The highest BCUT2D eigenvalue weighted by Crippen LogP contribution is 2.29. The maximum absolute atomic E-state index is 14.4. The van der Waals surface area contributed by atoms with Gasteiger partial charge in [-0.05, 0) is 61.0 Å². The van der Waals surface area contributed by atoms with Gasteiger partial charge in [0.25, 0.3) is 0 Å². The highest BCUT2D eigenvalue weighted by molar-refractivity contribution is 7.16. The summed E-state index contributed by atoms with van der Waals surface area (Å²) in [5.41, 5.74) is 1.73. The Bertz CT molecular complexity index is 1160. The zero-order chi connectivity index (χ0) is 22.7. The number of Topliss-reactive ketones (excluding diaryl/α,β-unsaturated/α-hetero) is 1. The molecular weight excluding hydrogens is 430 g/mol. The topological polar surface area (TPSA) is 40.6 Å². The van der Waals surface area contributed by atoms with Crippen LogP contribution in [0.15, 0.2) is 60.7 Å². The number of carbonyl (C=O) groups excluding carboxylic acids is 2. The number of benzene rings is 2. The number of thiophene rings is 1. The third-order valence-corrected chi connectivity index (χ3v) is 6.53. The van der Waals surface area contributed by atoms with Gasteiger partial charge in [-0.1, -0.05) is 12.1 Å². The first kappa shape index (κ1) is 21.9. The maximum Gasteiger partial charge on any atom is 0.246 e. The van der Waals surface area contributed by atoms with Gasteiger partial charge in [0, 0.05) is 47.6 Å². The molecule has 32 heavy (non-hydrogen) atoms. The molecular formula is C25H22F2N2O2S. The quantitative estimate of drug-likeness (QED) is 0.392. The van der Waals surface area contributed by atoms with Crippen LogP contribution in [0.4, 0.5) is 14.5 Å². The number of hydrogen-bond donors (Lipinski definition) is 0. The van der Waals surface area contributed by atoms with E-state index in [0.717, 1.165) is 15.3 Å². The number of amides is 1. The summed E-state index contributed by atoms with van der Waals surface area (Å²) in [5.74, 6) is -0.957. The number of rotatable bonds is 5. The van der Waals surface area contributed by atoms with E-state index in [1.807, 2.05) is 17.0 Å². The van der Waals surface area contributed by atoms with Crippen LogP contribution in [0, 0.1) is 11.6 Å². The van der Waals surface area contributed by atoms with E-state index in [0.29, 0.717) is 37.4 Å². The lowest BCUT2D eigenvalue weighted by Gasteiger charge is -2.35. The number of anilines is 1. The Labute approximate surface area is 189 Å². The summed E-state index contributed by atoms with van der Waals surface area (Å²) in [6, 6.07) is 14.7. The van der Waals surface area contributed by atoms with E-state index in [2.05, 4.69) is 0 Å². The second-order valence-corrected chi connectivity index (χ2v) is 8.69. The Kier molecular flexibility index (Phi) is 6.46. The summed E-state index contributed by atoms with van der Waals surface area (Å²) >= 11 is 1.53. The summed E-state index contributed by atoms with van der Waals surface area (Å²) in [6.07, 6.45) is 3.34. The first-order valence-electron chi connectivity index (χ1n) is 10.3. The van der Waals surface area contributed by atoms with E-state index < -0.39 is 5.82 Å². The van der Waals surface area contributed by atoms with Crippen molar-refractivity contribution in [3.8, 4) is 10.4 Å². The second kappa shape index (κ2) is 9.44. The molecule has 4 rings (SSSR count). The van der Waals surface area contributed by atoms with Gasteiger partial charge in [0.2, 0.25) is 5.91 Å². The van der Waals surface area contributed by atoms with Crippen molar-refractivity contribution in [3.63, 3.8) is 0 Å². The van der Waals surface area contributed by atoms with Gasteiger partial charge >= 0.3 is 0 Å².